The fraction of sp³-hybridized carbons (Fsp3) is 0.333. The van der Waals surface area contributed by atoms with E-state index in [-0.39, 0.29) is 28.5 Å². The Morgan fingerprint density at radius 2 is 1.94 bits per heavy atom. The standard InChI is InChI=1S/C24H25ClN2O5S/c1-15-8-10-19(31-4)17(12-15)24(13-23(2,3)14-32-24)22(28)27-33(29,30)20-7-5-6-18-16(20)9-11-21(25)26-18/h5-12H,13-14H2,1-4H3,(H,27,28). The largest absolute Gasteiger partial charge is 0.496 e. The second-order valence-electron chi connectivity index (χ2n) is 9.05. The number of nitrogens with zero attached hydrogens (tertiary/aromatic N) is 1. The number of fused-ring (bicyclic) bond motifs is 1. The number of benzene rings is 2. The lowest BCUT2D eigenvalue weighted by Crippen LogP contribution is -2.47. The Morgan fingerprint density at radius 1 is 1.18 bits per heavy atom. The van der Waals surface area contributed by atoms with E-state index in [4.69, 9.17) is 21.1 Å². The number of aryl methyl sites for hydroxylation is 1. The molecule has 174 valence electrons. The van der Waals surface area contributed by atoms with E-state index in [9.17, 15) is 13.2 Å². The molecule has 9 heteroatoms. The van der Waals surface area contributed by atoms with Gasteiger partial charge in [0.15, 0.2) is 5.60 Å². The molecule has 0 radical (unpaired) electrons. The van der Waals surface area contributed by atoms with Gasteiger partial charge >= 0.3 is 0 Å². The zero-order valence-electron chi connectivity index (χ0n) is 18.8. The maximum atomic E-state index is 13.7. The van der Waals surface area contributed by atoms with Gasteiger partial charge in [-0.2, -0.15) is 0 Å². The van der Waals surface area contributed by atoms with Crippen LogP contribution in [-0.2, 0) is 25.2 Å². The predicted octanol–water partition coefficient (Wildman–Crippen LogP) is 4.35. The molecule has 1 amide bonds. The first-order valence-electron chi connectivity index (χ1n) is 10.4. The lowest BCUT2D eigenvalue weighted by atomic mass is 9.79. The van der Waals surface area contributed by atoms with Crippen molar-refractivity contribution in [3.05, 3.63) is 64.8 Å². The molecular weight excluding hydrogens is 464 g/mol. The lowest BCUT2D eigenvalue weighted by molar-refractivity contribution is -0.140. The van der Waals surface area contributed by atoms with Crippen molar-refractivity contribution in [2.45, 2.75) is 37.7 Å². The number of rotatable bonds is 5. The Morgan fingerprint density at radius 3 is 2.61 bits per heavy atom. The average molecular weight is 489 g/mol. The maximum absolute atomic E-state index is 13.7. The van der Waals surface area contributed by atoms with Crippen molar-refractivity contribution in [3.8, 4) is 5.75 Å². The molecule has 2 aromatic carbocycles. The summed E-state index contributed by atoms with van der Waals surface area (Å²) in [5, 5.41) is 0.602. The van der Waals surface area contributed by atoms with Gasteiger partial charge in [0, 0.05) is 10.9 Å². The van der Waals surface area contributed by atoms with Crippen molar-refractivity contribution < 1.29 is 22.7 Å². The first kappa shape index (κ1) is 23.5. The third-order valence-corrected chi connectivity index (χ3v) is 7.37. The second-order valence-corrected chi connectivity index (χ2v) is 11.1. The fourth-order valence-electron chi connectivity index (χ4n) is 4.27. The summed E-state index contributed by atoms with van der Waals surface area (Å²) in [6.45, 7) is 6.12. The minimum atomic E-state index is -4.25. The number of halogens is 1. The smallest absolute Gasteiger partial charge is 0.270 e. The minimum Gasteiger partial charge on any atom is -0.496 e. The predicted molar refractivity (Wildman–Crippen MR) is 126 cm³/mol. The van der Waals surface area contributed by atoms with E-state index in [0.717, 1.165) is 5.56 Å². The van der Waals surface area contributed by atoms with Crippen LogP contribution in [0.4, 0.5) is 0 Å². The third-order valence-electron chi connectivity index (χ3n) is 5.77. The molecule has 7 nitrogen and oxygen atoms in total. The molecule has 4 rings (SSSR count). The molecule has 0 aliphatic carbocycles. The van der Waals surface area contributed by atoms with Crippen LogP contribution in [-0.4, -0.2) is 33.0 Å². The molecule has 1 aliphatic heterocycles. The zero-order valence-corrected chi connectivity index (χ0v) is 20.4. The molecule has 1 fully saturated rings. The summed E-state index contributed by atoms with van der Waals surface area (Å²) in [6, 6.07) is 13.1. The fourth-order valence-corrected chi connectivity index (χ4v) is 5.66. The Hall–Kier alpha value is -2.68. The Labute approximate surface area is 198 Å². The lowest BCUT2D eigenvalue weighted by Gasteiger charge is -2.30. The second kappa shape index (κ2) is 8.27. The number of sulfonamides is 1. The van der Waals surface area contributed by atoms with Crippen LogP contribution in [0.1, 0.15) is 31.4 Å². The summed E-state index contributed by atoms with van der Waals surface area (Å²) < 4.78 is 40.6. The topological polar surface area (TPSA) is 94.6 Å². The number of nitrogens with one attached hydrogen (secondary N) is 1. The first-order valence-corrected chi connectivity index (χ1v) is 12.3. The Kier molecular flexibility index (Phi) is 5.88. The molecule has 0 bridgehead atoms. The highest BCUT2D eigenvalue weighted by molar-refractivity contribution is 7.90. The number of carbonyl (C=O) groups excluding carboxylic acids is 1. The third kappa shape index (κ3) is 4.30. The number of aromatic nitrogens is 1. The number of hydrogen-bond donors (Lipinski definition) is 1. The van der Waals surface area contributed by atoms with E-state index in [1.807, 2.05) is 26.8 Å². The zero-order chi connectivity index (χ0) is 24.0. The SMILES string of the molecule is COc1ccc(C)cc1C1(C(=O)NS(=O)(=O)c2cccc3nc(Cl)ccc23)CC(C)(C)CO1. The molecular formula is C24H25ClN2O5S. The van der Waals surface area contributed by atoms with Gasteiger partial charge in [0.05, 0.1) is 24.1 Å². The summed E-state index contributed by atoms with van der Waals surface area (Å²) in [6.07, 6.45) is 0.286. The van der Waals surface area contributed by atoms with Crippen LogP contribution in [0.5, 0.6) is 5.75 Å². The number of ether oxygens (including phenoxy) is 2. The van der Waals surface area contributed by atoms with Gasteiger partial charge in [-0.3, -0.25) is 4.79 Å². The number of carbonyl (C=O) groups is 1. The molecule has 0 saturated carbocycles. The van der Waals surface area contributed by atoms with Gasteiger partial charge in [-0.25, -0.2) is 18.1 Å². The highest BCUT2D eigenvalue weighted by Gasteiger charge is 2.53. The number of hydrogen-bond acceptors (Lipinski definition) is 6. The van der Waals surface area contributed by atoms with E-state index in [2.05, 4.69) is 9.71 Å². The summed E-state index contributed by atoms with van der Waals surface area (Å²) in [4.78, 5) is 17.8. The Balaban J connectivity index is 1.80. The minimum absolute atomic E-state index is 0.0684. The average Bonchev–Trinajstić information content (AvgIpc) is 3.09. The van der Waals surface area contributed by atoms with E-state index in [0.29, 0.717) is 22.2 Å². The summed E-state index contributed by atoms with van der Waals surface area (Å²) in [5.74, 6) is -0.314. The van der Waals surface area contributed by atoms with Crippen molar-refractivity contribution in [1.82, 2.24) is 9.71 Å². The molecule has 1 atom stereocenters. The summed E-state index contributed by atoms with van der Waals surface area (Å²) in [5.41, 5.74) is -0.0808. The molecule has 1 unspecified atom stereocenters. The van der Waals surface area contributed by atoms with Crippen molar-refractivity contribution in [1.29, 1.82) is 0 Å². The van der Waals surface area contributed by atoms with Crippen LogP contribution in [0, 0.1) is 12.3 Å². The van der Waals surface area contributed by atoms with E-state index in [1.165, 1.54) is 19.2 Å². The highest BCUT2D eigenvalue weighted by atomic mass is 35.5. The monoisotopic (exact) mass is 488 g/mol. The molecule has 1 aliphatic rings. The molecule has 1 N–H and O–H groups in total. The van der Waals surface area contributed by atoms with Crippen molar-refractivity contribution in [3.63, 3.8) is 0 Å². The Bertz CT molecular complexity index is 1360. The van der Waals surface area contributed by atoms with Gasteiger partial charge in [-0.05, 0) is 55.2 Å². The maximum Gasteiger partial charge on any atom is 0.270 e. The van der Waals surface area contributed by atoms with Crippen LogP contribution >= 0.6 is 11.6 Å². The van der Waals surface area contributed by atoms with Gasteiger partial charge < -0.3 is 9.47 Å². The number of methoxy groups -OCH3 is 1. The van der Waals surface area contributed by atoms with Crippen LogP contribution in [0.15, 0.2) is 53.4 Å². The summed E-state index contributed by atoms with van der Waals surface area (Å²) >= 11 is 5.95. The van der Waals surface area contributed by atoms with Crippen molar-refractivity contribution in [2.24, 2.45) is 5.41 Å². The van der Waals surface area contributed by atoms with Crippen LogP contribution in [0.2, 0.25) is 5.15 Å². The summed E-state index contributed by atoms with van der Waals surface area (Å²) in [7, 11) is -2.75. The molecule has 0 spiro atoms. The normalized spacial score (nSPS) is 20.0. The van der Waals surface area contributed by atoms with E-state index in [1.54, 1.807) is 30.3 Å². The van der Waals surface area contributed by atoms with E-state index >= 15 is 0 Å². The van der Waals surface area contributed by atoms with Gasteiger partial charge in [0.1, 0.15) is 10.9 Å². The van der Waals surface area contributed by atoms with Crippen LogP contribution < -0.4 is 9.46 Å². The molecule has 1 aromatic heterocycles. The van der Waals surface area contributed by atoms with E-state index < -0.39 is 21.5 Å². The van der Waals surface area contributed by atoms with Gasteiger partial charge in [0.2, 0.25) is 0 Å². The molecule has 33 heavy (non-hydrogen) atoms. The van der Waals surface area contributed by atoms with Gasteiger partial charge in [-0.1, -0.05) is 43.1 Å². The molecule has 2 heterocycles. The van der Waals surface area contributed by atoms with Gasteiger partial charge in [-0.15, -0.1) is 0 Å². The van der Waals surface area contributed by atoms with Crippen LogP contribution in [0.3, 0.4) is 0 Å². The van der Waals surface area contributed by atoms with Crippen molar-refractivity contribution in [2.75, 3.05) is 13.7 Å². The van der Waals surface area contributed by atoms with Crippen LogP contribution in [0.25, 0.3) is 10.9 Å². The quantitative estimate of drug-likeness (QED) is 0.536. The van der Waals surface area contributed by atoms with Crippen molar-refractivity contribution >= 4 is 38.4 Å². The van der Waals surface area contributed by atoms with Gasteiger partial charge in [0.25, 0.3) is 15.9 Å². The number of amides is 1. The molecule has 1 saturated heterocycles. The first-order chi connectivity index (χ1) is 15.5. The highest BCUT2D eigenvalue weighted by Crippen LogP contribution is 2.48. The molecule has 3 aromatic rings. The number of pyridine rings is 1.